The Morgan fingerprint density at radius 3 is 2.75 bits per heavy atom. The highest BCUT2D eigenvalue weighted by Crippen LogP contribution is 2.19. The minimum absolute atomic E-state index is 0.0162. The number of amides is 1. The summed E-state index contributed by atoms with van der Waals surface area (Å²) in [7, 11) is 0. The van der Waals surface area contributed by atoms with E-state index in [9.17, 15) is 14.4 Å². The Hall–Kier alpha value is -3.82. The molecule has 184 valence electrons. The minimum atomic E-state index is -0.705. The van der Waals surface area contributed by atoms with Crippen LogP contribution in [-0.4, -0.2) is 45.1 Å². The van der Waals surface area contributed by atoms with Gasteiger partial charge < -0.3 is 14.0 Å². The lowest BCUT2D eigenvalue weighted by molar-refractivity contribution is 0.0521. The van der Waals surface area contributed by atoms with Gasteiger partial charge >= 0.3 is 5.97 Å². The number of rotatable bonds is 5. The average Bonchev–Trinajstić information content (AvgIpc) is 3.39. The molecule has 0 spiro atoms. The molecule has 5 rings (SSSR count). The van der Waals surface area contributed by atoms with Crippen LogP contribution in [0.2, 0.25) is 5.02 Å². The largest absolute Gasteiger partial charge is 0.462 e. The van der Waals surface area contributed by atoms with Gasteiger partial charge in [0.2, 0.25) is 0 Å². The summed E-state index contributed by atoms with van der Waals surface area (Å²) in [6.45, 7) is 2.63. The van der Waals surface area contributed by atoms with E-state index in [-0.39, 0.29) is 51.8 Å². The van der Waals surface area contributed by atoms with Crippen molar-refractivity contribution in [3.8, 4) is 0 Å². The molecule has 1 aliphatic rings. The molecule has 0 unspecified atom stereocenters. The van der Waals surface area contributed by atoms with Crippen molar-refractivity contribution in [3.05, 3.63) is 86.7 Å². The maximum Gasteiger partial charge on any atom is 0.341 e. The molecule has 4 heterocycles. The highest BCUT2D eigenvalue weighted by Gasteiger charge is 2.24. The summed E-state index contributed by atoms with van der Waals surface area (Å²) in [5.41, 5.74) is 0.561. The number of pyridine rings is 2. The second kappa shape index (κ2) is 10.0. The van der Waals surface area contributed by atoms with E-state index in [4.69, 9.17) is 26.1 Å². The van der Waals surface area contributed by atoms with Crippen LogP contribution < -0.4 is 11.0 Å². The number of ether oxygens (including phenoxy) is 2. The molecule has 0 aliphatic carbocycles. The number of hydrogen-bond donors (Lipinski definition) is 0. The molecule has 1 amide bonds. The molecule has 36 heavy (non-hydrogen) atoms. The SMILES string of the molecule is CCOC(=O)c1cc2c(=O)n3ccccc3nc2n(C[C@H]2CCCO2)c1=NC(=O)c1ccccc1Cl. The molecule has 0 saturated carbocycles. The molecule has 1 atom stereocenters. The van der Waals surface area contributed by atoms with Crippen LogP contribution in [0.25, 0.3) is 16.7 Å². The van der Waals surface area contributed by atoms with Crippen LogP contribution in [-0.2, 0) is 16.0 Å². The summed E-state index contributed by atoms with van der Waals surface area (Å²) in [5.74, 6) is -1.34. The Labute approximate surface area is 210 Å². The quantitative estimate of drug-likeness (QED) is 0.303. The van der Waals surface area contributed by atoms with Gasteiger partial charge in [0.15, 0.2) is 5.49 Å². The van der Waals surface area contributed by atoms with Crippen LogP contribution in [0.5, 0.6) is 0 Å². The summed E-state index contributed by atoms with van der Waals surface area (Å²) in [4.78, 5) is 48.8. The Morgan fingerprint density at radius 1 is 1.19 bits per heavy atom. The molecule has 9 nitrogen and oxygen atoms in total. The topological polar surface area (TPSA) is 104 Å². The fraction of sp³-hybridized carbons (Fsp3) is 0.269. The van der Waals surface area contributed by atoms with Crippen LogP contribution >= 0.6 is 11.6 Å². The lowest BCUT2D eigenvalue weighted by atomic mass is 10.1. The molecule has 0 N–H and O–H groups in total. The van der Waals surface area contributed by atoms with Crippen LogP contribution in [0.1, 0.15) is 40.5 Å². The summed E-state index contributed by atoms with van der Waals surface area (Å²) in [5, 5.41) is 0.432. The number of carbonyl (C=O) groups is 2. The van der Waals surface area contributed by atoms with E-state index < -0.39 is 11.9 Å². The molecule has 4 aromatic rings. The molecule has 0 bridgehead atoms. The first-order valence-electron chi connectivity index (χ1n) is 11.6. The number of aromatic nitrogens is 3. The standard InChI is InChI=1S/C26H23ClN4O5/c1-2-35-26(34)19-14-18-22(28-21-11-5-6-12-30(21)25(18)33)31(15-16-8-7-13-36-16)23(19)29-24(32)17-9-3-4-10-20(17)27/h3-6,9-12,14,16H,2,7-8,13,15H2,1H3/t16-/m1/s1. The number of esters is 1. The first-order chi connectivity index (χ1) is 17.5. The lowest BCUT2D eigenvalue weighted by Gasteiger charge is -2.18. The highest BCUT2D eigenvalue weighted by atomic mass is 35.5. The van der Waals surface area contributed by atoms with Crippen molar-refractivity contribution >= 4 is 40.2 Å². The third-order valence-corrected chi connectivity index (χ3v) is 6.34. The fourth-order valence-corrected chi connectivity index (χ4v) is 4.53. The second-order valence-electron chi connectivity index (χ2n) is 8.33. The predicted octanol–water partition coefficient (Wildman–Crippen LogP) is 3.40. The van der Waals surface area contributed by atoms with Gasteiger partial charge in [0.05, 0.1) is 35.2 Å². The monoisotopic (exact) mass is 506 g/mol. The normalized spacial score (nSPS) is 16.1. The first-order valence-corrected chi connectivity index (χ1v) is 12.0. The predicted molar refractivity (Wildman–Crippen MR) is 133 cm³/mol. The Morgan fingerprint density at radius 2 is 2.00 bits per heavy atom. The van der Waals surface area contributed by atoms with Gasteiger partial charge in [0.25, 0.3) is 11.5 Å². The van der Waals surface area contributed by atoms with E-state index in [0.717, 1.165) is 12.8 Å². The van der Waals surface area contributed by atoms with E-state index >= 15 is 0 Å². The zero-order valence-corrected chi connectivity index (χ0v) is 20.3. The Bertz CT molecular complexity index is 1620. The molecule has 10 heteroatoms. The number of nitrogens with zero attached hydrogens (tertiary/aromatic N) is 4. The maximum atomic E-state index is 13.4. The molecule has 1 aromatic carbocycles. The Balaban J connectivity index is 1.87. The van der Waals surface area contributed by atoms with Gasteiger partial charge in [-0.3, -0.25) is 14.0 Å². The van der Waals surface area contributed by atoms with Crippen LogP contribution in [0.15, 0.2) is 64.5 Å². The van der Waals surface area contributed by atoms with Gasteiger partial charge in [-0.05, 0) is 50.1 Å². The second-order valence-corrected chi connectivity index (χ2v) is 8.73. The van der Waals surface area contributed by atoms with E-state index in [1.807, 2.05) is 0 Å². The first kappa shape index (κ1) is 23.9. The van der Waals surface area contributed by atoms with Gasteiger partial charge in [-0.25, -0.2) is 9.78 Å². The van der Waals surface area contributed by atoms with Gasteiger partial charge in [-0.15, -0.1) is 0 Å². The van der Waals surface area contributed by atoms with Gasteiger partial charge in [-0.1, -0.05) is 29.8 Å². The summed E-state index contributed by atoms with van der Waals surface area (Å²) in [6, 6.07) is 13.1. The van der Waals surface area contributed by atoms with E-state index in [1.54, 1.807) is 60.2 Å². The van der Waals surface area contributed by atoms with Crippen molar-refractivity contribution in [1.29, 1.82) is 0 Å². The van der Waals surface area contributed by atoms with Crippen LogP contribution in [0.4, 0.5) is 0 Å². The molecule has 3 aromatic heterocycles. The minimum Gasteiger partial charge on any atom is -0.462 e. The van der Waals surface area contributed by atoms with Crippen molar-refractivity contribution in [1.82, 2.24) is 14.0 Å². The van der Waals surface area contributed by atoms with E-state index in [1.165, 1.54) is 10.5 Å². The number of hydrogen-bond acceptors (Lipinski definition) is 6. The lowest BCUT2D eigenvalue weighted by Crippen LogP contribution is -2.35. The van der Waals surface area contributed by atoms with Gasteiger partial charge in [0, 0.05) is 12.8 Å². The average molecular weight is 507 g/mol. The van der Waals surface area contributed by atoms with Crippen molar-refractivity contribution in [2.75, 3.05) is 13.2 Å². The third-order valence-electron chi connectivity index (χ3n) is 6.01. The van der Waals surface area contributed by atoms with Crippen molar-refractivity contribution in [2.45, 2.75) is 32.4 Å². The van der Waals surface area contributed by atoms with Crippen molar-refractivity contribution < 1.29 is 19.1 Å². The number of halogens is 1. The van der Waals surface area contributed by atoms with Crippen LogP contribution in [0, 0.1) is 0 Å². The molecule has 1 fully saturated rings. The van der Waals surface area contributed by atoms with Crippen molar-refractivity contribution in [2.24, 2.45) is 4.99 Å². The molecular formula is C26H23ClN4O5. The molecule has 1 aliphatic heterocycles. The summed E-state index contributed by atoms with van der Waals surface area (Å²) >= 11 is 6.24. The molecular weight excluding hydrogens is 484 g/mol. The summed E-state index contributed by atoms with van der Waals surface area (Å²) in [6.07, 6.45) is 3.07. The van der Waals surface area contributed by atoms with Crippen LogP contribution in [0.3, 0.4) is 0 Å². The number of benzene rings is 1. The maximum absolute atomic E-state index is 13.4. The third kappa shape index (κ3) is 4.43. The van der Waals surface area contributed by atoms with Gasteiger partial charge in [-0.2, -0.15) is 4.99 Å². The van der Waals surface area contributed by atoms with E-state index in [2.05, 4.69) is 4.99 Å². The zero-order valence-electron chi connectivity index (χ0n) is 19.5. The Kier molecular flexibility index (Phi) is 6.67. The zero-order chi connectivity index (χ0) is 25.2. The smallest absolute Gasteiger partial charge is 0.341 e. The molecule has 0 radical (unpaired) electrons. The van der Waals surface area contributed by atoms with Gasteiger partial charge in [0.1, 0.15) is 16.9 Å². The highest BCUT2D eigenvalue weighted by molar-refractivity contribution is 6.33. The number of fused-ring (bicyclic) bond motifs is 2. The molecule has 1 saturated heterocycles. The number of carbonyl (C=O) groups excluding carboxylic acids is 2. The summed E-state index contributed by atoms with van der Waals surface area (Å²) < 4.78 is 14.1. The van der Waals surface area contributed by atoms with E-state index in [0.29, 0.717) is 17.9 Å². The fourth-order valence-electron chi connectivity index (χ4n) is 4.31. The van der Waals surface area contributed by atoms with Crippen molar-refractivity contribution in [3.63, 3.8) is 0 Å².